The van der Waals surface area contributed by atoms with Gasteiger partial charge in [-0.25, -0.2) is 8.42 Å². The van der Waals surface area contributed by atoms with Crippen molar-refractivity contribution in [3.05, 3.63) is 53.0 Å². The fraction of sp³-hybridized carbons (Fsp3) is 0.0714. The first kappa shape index (κ1) is 15.5. The monoisotopic (exact) mass is 368 g/mol. The van der Waals surface area contributed by atoms with E-state index in [4.69, 9.17) is 5.73 Å². The van der Waals surface area contributed by atoms with Crippen LogP contribution in [-0.2, 0) is 14.6 Å². The number of nitrogens with one attached hydrogen (secondary N) is 1. The molecule has 0 aliphatic carbocycles. The van der Waals surface area contributed by atoms with Crippen molar-refractivity contribution in [2.24, 2.45) is 0 Å². The fourth-order valence-electron chi connectivity index (χ4n) is 1.74. The molecule has 2 aromatic carbocycles. The van der Waals surface area contributed by atoms with Crippen LogP contribution >= 0.6 is 15.9 Å². The summed E-state index contributed by atoms with van der Waals surface area (Å²) < 4.78 is 25.2. The average Bonchev–Trinajstić information content (AvgIpc) is 2.41. The van der Waals surface area contributed by atoms with Crippen molar-refractivity contribution < 1.29 is 13.2 Å². The number of halogens is 1. The van der Waals surface area contributed by atoms with Gasteiger partial charge in [0.05, 0.1) is 10.6 Å². The van der Waals surface area contributed by atoms with Gasteiger partial charge in [0.15, 0.2) is 9.84 Å². The summed E-state index contributed by atoms with van der Waals surface area (Å²) >= 11 is 3.28. The lowest BCUT2D eigenvalue weighted by molar-refractivity contribution is -0.113. The molecule has 0 aromatic heterocycles. The predicted octanol–water partition coefficient (Wildman–Crippen LogP) is 2.44. The van der Waals surface area contributed by atoms with E-state index in [0.717, 1.165) is 4.47 Å². The summed E-state index contributed by atoms with van der Waals surface area (Å²) in [4.78, 5) is 11.8. The van der Waals surface area contributed by atoms with E-state index >= 15 is 0 Å². The summed E-state index contributed by atoms with van der Waals surface area (Å²) in [5.74, 6) is -1.27. The van der Waals surface area contributed by atoms with Gasteiger partial charge in [0.25, 0.3) is 0 Å². The molecule has 0 fully saturated rings. The number of anilines is 2. The maximum atomic E-state index is 12.2. The van der Waals surface area contributed by atoms with Crippen molar-refractivity contribution in [2.75, 3.05) is 16.8 Å². The van der Waals surface area contributed by atoms with Crippen LogP contribution in [0.4, 0.5) is 11.4 Å². The first-order valence-electron chi connectivity index (χ1n) is 6.01. The lowest BCUT2D eigenvalue weighted by atomic mass is 10.3. The number of para-hydroxylation sites is 1. The maximum absolute atomic E-state index is 12.2. The SMILES string of the molecule is Nc1ccccc1S(=O)(=O)CC(=O)Nc1ccc(Br)cc1. The van der Waals surface area contributed by atoms with Gasteiger partial charge in [0, 0.05) is 10.2 Å². The van der Waals surface area contributed by atoms with Crippen LogP contribution in [0.1, 0.15) is 0 Å². The highest BCUT2D eigenvalue weighted by atomic mass is 79.9. The van der Waals surface area contributed by atoms with Gasteiger partial charge in [0.1, 0.15) is 5.75 Å². The molecule has 1 amide bonds. The van der Waals surface area contributed by atoms with Gasteiger partial charge in [-0.05, 0) is 36.4 Å². The van der Waals surface area contributed by atoms with Crippen LogP contribution in [0.25, 0.3) is 0 Å². The van der Waals surface area contributed by atoms with E-state index in [0.29, 0.717) is 5.69 Å². The number of carbonyl (C=O) groups is 1. The van der Waals surface area contributed by atoms with Gasteiger partial charge < -0.3 is 11.1 Å². The molecule has 0 heterocycles. The zero-order valence-corrected chi connectivity index (χ0v) is 13.3. The van der Waals surface area contributed by atoms with E-state index in [9.17, 15) is 13.2 Å². The molecule has 2 aromatic rings. The molecule has 0 saturated heterocycles. The summed E-state index contributed by atoms with van der Waals surface area (Å²) in [6.07, 6.45) is 0. The molecule has 21 heavy (non-hydrogen) atoms. The van der Waals surface area contributed by atoms with Crippen molar-refractivity contribution >= 4 is 43.0 Å². The van der Waals surface area contributed by atoms with Crippen LogP contribution in [-0.4, -0.2) is 20.1 Å². The number of amides is 1. The number of sulfone groups is 1. The van der Waals surface area contributed by atoms with Gasteiger partial charge in [-0.3, -0.25) is 4.79 Å². The number of hydrogen-bond donors (Lipinski definition) is 2. The Morgan fingerprint density at radius 2 is 1.71 bits per heavy atom. The number of carbonyl (C=O) groups excluding carboxylic acids is 1. The summed E-state index contributed by atoms with van der Waals surface area (Å²) in [5.41, 5.74) is 6.30. The van der Waals surface area contributed by atoms with E-state index in [1.165, 1.54) is 12.1 Å². The minimum absolute atomic E-state index is 0.0315. The molecule has 5 nitrogen and oxygen atoms in total. The molecule has 0 aliphatic rings. The minimum atomic E-state index is -3.76. The van der Waals surface area contributed by atoms with Crippen LogP contribution in [0.5, 0.6) is 0 Å². The van der Waals surface area contributed by atoms with Crippen LogP contribution in [0.15, 0.2) is 57.9 Å². The van der Waals surface area contributed by atoms with Crippen LogP contribution < -0.4 is 11.1 Å². The molecule has 0 bridgehead atoms. The summed E-state index contributed by atoms with van der Waals surface area (Å²) in [6.45, 7) is 0. The molecule has 3 N–H and O–H groups in total. The molecule has 0 radical (unpaired) electrons. The Labute approximate surface area is 131 Å². The van der Waals surface area contributed by atoms with Crippen molar-refractivity contribution in [3.8, 4) is 0 Å². The van der Waals surface area contributed by atoms with Gasteiger partial charge in [0.2, 0.25) is 5.91 Å². The fourth-order valence-corrected chi connectivity index (χ4v) is 3.29. The third kappa shape index (κ3) is 4.05. The highest BCUT2D eigenvalue weighted by Crippen LogP contribution is 2.19. The Balaban J connectivity index is 2.12. The van der Waals surface area contributed by atoms with E-state index in [-0.39, 0.29) is 10.6 Å². The summed E-state index contributed by atoms with van der Waals surface area (Å²) in [7, 11) is -3.76. The summed E-state index contributed by atoms with van der Waals surface area (Å²) in [6, 6.07) is 12.9. The van der Waals surface area contributed by atoms with E-state index in [2.05, 4.69) is 21.2 Å². The van der Waals surface area contributed by atoms with Gasteiger partial charge in [-0.2, -0.15) is 0 Å². The predicted molar refractivity (Wildman–Crippen MR) is 85.7 cm³/mol. The van der Waals surface area contributed by atoms with E-state index in [1.807, 2.05) is 0 Å². The molecule has 2 rings (SSSR count). The largest absolute Gasteiger partial charge is 0.398 e. The van der Waals surface area contributed by atoms with Gasteiger partial charge >= 0.3 is 0 Å². The average molecular weight is 369 g/mol. The number of nitrogens with two attached hydrogens (primary N) is 1. The lowest BCUT2D eigenvalue weighted by Crippen LogP contribution is -2.23. The summed E-state index contributed by atoms with van der Waals surface area (Å²) in [5, 5.41) is 2.53. The van der Waals surface area contributed by atoms with Crippen LogP contribution in [0, 0.1) is 0 Å². The van der Waals surface area contributed by atoms with Crippen molar-refractivity contribution in [1.29, 1.82) is 0 Å². The second-order valence-electron chi connectivity index (χ2n) is 4.35. The standard InChI is InChI=1S/C14H13BrN2O3S/c15-10-5-7-11(8-6-10)17-14(18)9-21(19,20)13-4-2-1-3-12(13)16/h1-8H,9,16H2,(H,17,18). The van der Waals surface area contributed by atoms with Crippen LogP contribution in [0.2, 0.25) is 0 Å². The third-order valence-corrected chi connectivity index (χ3v) is 4.92. The highest BCUT2D eigenvalue weighted by Gasteiger charge is 2.21. The maximum Gasteiger partial charge on any atom is 0.239 e. The topological polar surface area (TPSA) is 89.3 Å². The Hall–Kier alpha value is -1.86. The quantitative estimate of drug-likeness (QED) is 0.811. The normalized spacial score (nSPS) is 11.1. The first-order valence-corrected chi connectivity index (χ1v) is 8.46. The lowest BCUT2D eigenvalue weighted by Gasteiger charge is -2.08. The molecule has 7 heteroatoms. The Morgan fingerprint density at radius 3 is 2.33 bits per heavy atom. The second kappa shape index (κ2) is 6.28. The van der Waals surface area contributed by atoms with E-state index in [1.54, 1.807) is 36.4 Å². The van der Waals surface area contributed by atoms with Crippen LogP contribution in [0.3, 0.4) is 0 Å². The molecule has 0 spiro atoms. The smallest absolute Gasteiger partial charge is 0.239 e. The second-order valence-corrected chi connectivity index (χ2v) is 7.23. The van der Waals surface area contributed by atoms with Crippen molar-refractivity contribution in [3.63, 3.8) is 0 Å². The molecule has 0 atom stereocenters. The first-order chi connectivity index (χ1) is 9.88. The Bertz CT molecular complexity index is 758. The number of benzene rings is 2. The third-order valence-electron chi connectivity index (χ3n) is 2.70. The number of nitrogen functional groups attached to an aromatic ring is 1. The molecular weight excluding hydrogens is 356 g/mol. The molecule has 0 aliphatic heterocycles. The Kier molecular flexibility index (Phi) is 4.64. The van der Waals surface area contributed by atoms with Gasteiger partial charge in [-0.1, -0.05) is 28.1 Å². The number of hydrogen-bond acceptors (Lipinski definition) is 4. The zero-order chi connectivity index (χ0) is 15.5. The molecule has 110 valence electrons. The van der Waals surface area contributed by atoms with Crippen molar-refractivity contribution in [2.45, 2.75) is 4.90 Å². The van der Waals surface area contributed by atoms with Crippen molar-refractivity contribution in [1.82, 2.24) is 0 Å². The van der Waals surface area contributed by atoms with Gasteiger partial charge in [-0.15, -0.1) is 0 Å². The Morgan fingerprint density at radius 1 is 1.10 bits per heavy atom. The molecule has 0 unspecified atom stereocenters. The zero-order valence-electron chi connectivity index (χ0n) is 10.9. The molecule has 0 saturated carbocycles. The number of rotatable bonds is 4. The minimum Gasteiger partial charge on any atom is -0.398 e. The van der Waals surface area contributed by atoms with E-state index < -0.39 is 21.5 Å². The highest BCUT2D eigenvalue weighted by molar-refractivity contribution is 9.10. The molecular formula is C14H13BrN2O3S.